The molecule has 0 unspecified atom stereocenters. The van der Waals surface area contributed by atoms with Crippen LogP contribution in [0.25, 0.3) is 0 Å². The number of ether oxygens (including phenoxy) is 3. The van der Waals surface area contributed by atoms with Gasteiger partial charge in [0.2, 0.25) is 5.91 Å². The highest BCUT2D eigenvalue weighted by molar-refractivity contribution is 6.11. The first-order valence-corrected chi connectivity index (χ1v) is 12.4. The lowest BCUT2D eigenvalue weighted by Crippen LogP contribution is -2.35. The Morgan fingerprint density at radius 1 is 1.03 bits per heavy atom. The summed E-state index contributed by atoms with van der Waals surface area (Å²) in [5.74, 6) is 1.09. The van der Waals surface area contributed by atoms with E-state index in [2.05, 4.69) is 32.3 Å². The average molecular weight is 520 g/mol. The van der Waals surface area contributed by atoms with Crippen molar-refractivity contribution in [3.8, 4) is 11.5 Å². The zero-order valence-corrected chi connectivity index (χ0v) is 21.7. The molecule has 2 heterocycles. The number of aryl methyl sites for hydroxylation is 2. The molecule has 0 spiro atoms. The van der Waals surface area contributed by atoms with Crippen molar-refractivity contribution in [2.75, 3.05) is 51.2 Å². The van der Waals surface area contributed by atoms with Gasteiger partial charge in [-0.05, 0) is 54.3 Å². The summed E-state index contributed by atoms with van der Waals surface area (Å²) in [6.07, 6.45) is 2.58. The lowest BCUT2D eigenvalue weighted by Gasteiger charge is -2.26. The maximum absolute atomic E-state index is 13.1. The fraction of sp³-hybridized carbons (Fsp3) is 0.321. The molecule has 2 aromatic carbocycles. The Hall–Kier alpha value is -4.15. The average Bonchev–Trinajstić information content (AvgIpc) is 3.39. The van der Waals surface area contributed by atoms with Crippen molar-refractivity contribution in [1.82, 2.24) is 15.1 Å². The number of nitrogens with one attached hydrogen (secondary N) is 3. The van der Waals surface area contributed by atoms with Crippen LogP contribution in [-0.2, 0) is 28.9 Å². The number of benzene rings is 2. The molecule has 1 aliphatic heterocycles. The molecular formula is C28H33N5O5. The molecule has 1 aromatic heterocycles. The highest BCUT2D eigenvalue weighted by Crippen LogP contribution is 2.24. The number of nitrogens with zero attached hydrogens (tertiary/aromatic N) is 2. The van der Waals surface area contributed by atoms with Crippen LogP contribution >= 0.6 is 0 Å². The standard InChI is InChI=1S/C28H33N5O5/c1-4-27(34)29-25-15-20(18-33-9-11-38-12-10-33)6-8-24(25)28(35)30-26-16-21(31-32-26)7-5-19-13-22(36-2)17-23(14-19)37-3/h4,6,8,13-17H,1,5,7,9-12,18H2,2-3H3,(H,29,34)(H2,30,31,32,35). The van der Waals surface area contributed by atoms with Crippen LogP contribution < -0.4 is 20.1 Å². The van der Waals surface area contributed by atoms with Crippen LogP contribution in [0.1, 0.15) is 27.2 Å². The molecule has 0 saturated carbocycles. The van der Waals surface area contributed by atoms with Crippen molar-refractivity contribution < 1.29 is 23.8 Å². The van der Waals surface area contributed by atoms with Gasteiger partial charge in [-0.15, -0.1) is 0 Å². The summed E-state index contributed by atoms with van der Waals surface area (Å²) < 4.78 is 16.1. The zero-order chi connectivity index (χ0) is 26.9. The van der Waals surface area contributed by atoms with E-state index in [1.807, 2.05) is 30.3 Å². The van der Waals surface area contributed by atoms with E-state index in [1.54, 1.807) is 26.4 Å². The molecule has 10 nitrogen and oxygen atoms in total. The molecule has 3 aromatic rings. The van der Waals surface area contributed by atoms with Gasteiger partial charge in [0, 0.05) is 37.5 Å². The highest BCUT2D eigenvalue weighted by Gasteiger charge is 2.17. The van der Waals surface area contributed by atoms with Crippen LogP contribution in [0, 0.1) is 0 Å². The lowest BCUT2D eigenvalue weighted by atomic mass is 10.1. The van der Waals surface area contributed by atoms with Crippen molar-refractivity contribution in [2.24, 2.45) is 0 Å². The number of hydrogen-bond donors (Lipinski definition) is 3. The number of hydrogen-bond acceptors (Lipinski definition) is 7. The maximum atomic E-state index is 13.1. The summed E-state index contributed by atoms with van der Waals surface area (Å²) in [5.41, 5.74) is 3.66. The summed E-state index contributed by atoms with van der Waals surface area (Å²) in [5, 5.41) is 12.8. The Labute approximate surface area is 222 Å². The minimum Gasteiger partial charge on any atom is -0.497 e. The van der Waals surface area contributed by atoms with E-state index in [0.29, 0.717) is 43.2 Å². The topological polar surface area (TPSA) is 118 Å². The molecule has 1 fully saturated rings. The third-order valence-electron chi connectivity index (χ3n) is 6.25. The van der Waals surface area contributed by atoms with Gasteiger partial charge < -0.3 is 24.8 Å². The van der Waals surface area contributed by atoms with Crippen LogP contribution in [0.2, 0.25) is 0 Å². The molecule has 0 radical (unpaired) electrons. The van der Waals surface area contributed by atoms with Crippen LogP contribution in [0.15, 0.2) is 55.1 Å². The monoisotopic (exact) mass is 519 g/mol. The van der Waals surface area contributed by atoms with Gasteiger partial charge in [-0.2, -0.15) is 5.10 Å². The SMILES string of the molecule is C=CC(=O)Nc1cc(CN2CCOCC2)ccc1C(=O)Nc1cc(CCc2cc(OC)cc(OC)c2)[nH]n1. The Morgan fingerprint density at radius 2 is 1.76 bits per heavy atom. The second-order valence-corrected chi connectivity index (χ2v) is 8.92. The van der Waals surface area contributed by atoms with E-state index in [-0.39, 0.29) is 11.8 Å². The molecule has 1 saturated heterocycles. The van der Waals surface area contributed by atoms with Gasteiger partial charge in [-0.1, -0.05) is 12.6 Å². The van der Waals surface area contributed by atoms with E-state index < -0.39 is 0 Å². The minimum atomic E-state index is -0.390. The van der Waals surface area contributed by atoms with Crippen molar-refractivity contribution in [1.29, 1.82) is 0 Å². The number of morpholine rings is 1. The number of aromatic amines is 1. The number of amides is 2. The quantitative estimate of drug-likeness (QED) is 0.332. The molecule has 200 valence electrons. The number of H-pyrrole nitrogens is 1. The predicted molar refractivity (Wildman–Crippen MR) is 145 cm³/mol. The highest BCUT2D eigenvalue weighted by atomic mass is 16.5. The number of aromatic nitrogens is 2. The van der Waals surface area contributed by atoms with Crippen LogP contribution in [-0.4, -0.2) is 67.4 Å². The smallest absolute Gasteiger partial charge is 0.258 e. The third kappa shape index (κ3) is 7.21. The zero-order valence-electron chi connectivity index (χ0n) is 21.7. The van der Waals surface area contributed by atoms with Crippen LogP contribution in [0.3, 0.4) is 0 Å². The van der Waals surface area contributed by atoms with Gasteiger partial charge in [0.1, 0.15) is 11.5 Å². The Balaban J connectivity index is 1.43. The third-order valence-corrected chi connectivity index (χ3v) is 6.25. The summed E-state index contributed by atoms with van der Waals surface area (Å²) in [6.45, 7) is 7.27. The van der Waals surface area contributed by atoms with E-state index in [0.717, 1.165) is 47.8 Å². The van der Waals surface area contributed by atoms with Gasteiger partial charge in [0.15, 0.2) is 5.82 Å². The summed E-state index contributed by atoms with van der Waals surface area (Å²) in [6, 6.07) is 13.0. The molecule has 1 aliphatic rings. The fourth-order valence-electron chi connectivity index (χ4n) is 4.22. The van der Waals surface area contributed by atoms with Crippen LogP contribution in [0.5, 0.6) is 11.5 Å². The Kier molecular flexibility index (Phi) is 9.12. The van der Waals surface area contributed by atoms with Crippen molar-refractivity contribution in [3.05, 3.63) is 77.5 Å². The van der Waals surface area contributed by atoms with Crippen molar-refractivity contribution in [2.45, 2.75) is 19.4 Å². The van der Waals surface area contributed by atoms with E-state index >= 15 is 0 Å². The first kappa shape index (κ1) is 26.9. The molecule has 10 heteroatoms. The summed E-state index contributed by atoms with van der Waals surface area (Å²) in [7, 11) is 3.24. The minimum absolute atomic E-state index is 0.332. The predicted octanol–water partition coefficient (Wildman–Crippen LogP) is 3.42. The molecule has 0 aliphatic carbocycles. The number of anilines is 2. The molecule has 0 bridgehead atoms. The molecule has 0 atom stereocenters. The first-order chi connectivity index (χ1) is 18.5. The lowest BCUT2D eigenvalue weighted by molar-refractivity contribution is -0.111. The first-order valence-electron chi connectivity index (χ1n) is 12.4. The van der Waals surface area contributed by atoms with Gasteiger partial charge >= 0.3 is 0 Å². The molecule has 4 rings (SSSR count). The van der Waals surface area contributed by atoms with Crippen molar-refractivity contribution in [3.63, 3.8) is 0 Å². The molecule has 2 amide bonds. The molecule has 38 heavy (non-hydrogen) atoms. The number of methoxy groups -OCH3 is 2. The second-order valence-electron chi connectivity index (χ2n) is 8.92. The van der Waals surface area contributed by atoms with Gasteiger partial charge in [-0.3, -0.25) is 19.6 Å². The fourth-order valence-corrected chi connectivity index (χ4v) is 4.22. The van der Waals surface area contributed by atoms with Crippen LogP contribution in [0.4, 0.5) is 11.5 Å². The van der Waals surface area contributed by atoms with Gasteiger partial charge in [0.05, 0.1) is 38.7 Å². The van der Waals surface area contributed by atoms with E-state index in [1.165, 1.54) is 6.08 Å². The Morgan fingerprint density at radius 3 is 2.45 bits per heavy atom. The van der Waals surface area contributed by atoms with Crippen molar-refractivity contribution >= 4 is 23.3 Å². The largest absolute Gasteiger partial charge is 0.497 e. The van der Waals surface area contributed by atoms with Gasteiger partial charge in [0.25, 0.3) is 5.91 Å². The normalized spacial score (nSPS) is 13.5. The summed E-state index contributed by atoms with van der Waals surface area (Å²) >= 11 is 0. The number of rotatable bonds is 11. The Bertz CT molecular complexity index is 1260. The second kappa shape index (κ2) is 12.9. The number of carbonyl (C=O) groups excluding carboxylic acids is 2. The van der Waals surface area contributed by atoms with E-state index in [9.17, 15) is 9.59 Å². The maximum Gasteiger partial charge on any atom is 0.258 e. The van der Waals surface area contributed by atoms with E-state index in [4.69, 9.17) is 14.2 Å². The number of carbonyl (C=O) groups is 2. The van der Waals surface area contributed by atoms with Gasteiger partial charge in [-0.25, -0.2) is 0 Å². The molecular weight excluding hydrogens is 486 g/mol. The molecule has 3 N–H and O–H groups in total. The summed E-state index contributed by atoms with van der Waals surface area (Å²) in [4.78, 5) is 27.5.